The van der Waals surface area contributed by atoms with E-state index in [9.17, 15) is 4.79 Å². The molecule has 0 amide bonds. The van der Waals surface area contributed by atoms with Gasteiger partial charge in [-0.15, -0.1) is 0 Å². The molecular formula is C7H8BNO2. The molecule has 0 aliphatic heterocycles. The Morgan fingerprint density at radius 1 is 1.73 bits per heavy atom. The number of hydrogen-bond donors (Lipinski definition) is 0. The summed E-state index contributed by atoms with van der Waals surface area (Å²) in [5.74, 6) is -0.315. The zero-order chi connectivity index (χ0) is 8.27. The van der Waals surface area contributed by atoms with Crippen molar-refractivity contribution in [1.82, 2.24) is 4.98 Å². The van der Waals surface area contributed by atoms with Crippen LogP contribution in [-0.2, 0) is 4.74 Å². The summed E-state index contributed by atoms with van der Waals surface area (Å²) < 4.78 is 4.55. The van der Waals surface area contributed by atoms with E-state index in [1.165, 1.54) is 7.11 Å². The number of methoxy groups -OCH3 is 1. The van der Waals surface area contributed by atoms with E-state index in [-0.39, 0.29) is 5.97 Å². The molecule has 0 bridgehead atoms. The van der Waals surface area contributed by atoms with Crippen molar-refractivity contribution in [3.05, 3.63) is 24.0 Å². The van der Waals surface area contributed by atoms with E-state index in [0.29, 0.717) is 5.56 Å². The second kappa shape index (κ2) is 3.19. The van der Waals surface area contributed by atoms with Crippen molar-refractivity contribution in [3.8, 4) is 0 Å². The van der Waals surface area contributed by atoms with Gasteiger partial charge in [0.1, 0.15) is 7.85 Å². The molecule has 0 atom stereocenters. The lowest BCUT2D eigenvalue weighted by Gasteiger charge is -2.00. The quantitative estimate of drug-likeness (QED) is 0.384. The molecule has 0 saturated carbocycles. The molecule has 0 saturated heterocycles. The summed E-state index contributed by atoms with van der Waals surface area (Å²) in [7, 11) is 3.18. The van der Waals surface area contributed by atoms with Gasteiger partial charge in [0.2, 0.25) is 0 Å². The first-order valence-electron chi connectivity index (χ1n) is 3.24. The van der Waals surface area contributed by atoms with Gasteiger partial charge in [-0.1, -0.05) is 5.46 Å². The molecule has 1 heterocycles. The van der Waals surface area contributed by atoms with Gasteiger partial charge in [0, 0.05) is 12.4 Å². The topological polar surface area (TPSA) is 39.2 Å². The van der Waals surface area contributed by atoms with Gasteiger partial charge in [-0.05, 0) is 6.07 Å². The first-order chi connectivity index (χ1) is 5.25. The molecule has 0 aliphatic rings. The zero-order valence-electron chi connectivity index (χ0n) is 6.50. The predicted molar refractivity (Wildman–Crippen MR) is 43.8 cm³/mol. The largest absolute Gasteiger partial charge is 0.465 e. The Hall–Kier alpha value is -1.32. The van der Waals surface area contributed by atoms with Crippen LogP contribution < -0.4 is 5.46 Å². The summed E-state index contributed by atoms with van der Waals surface area (Å²) in [5.41, 5.74) is 1.40. The number of esters is 1. The van der Waals surface area contributed by atoms with Crippen LogP contribution in [0.15, 0.2) is 18.5 Å². The lowest BCUT2D eigenvalue weighted by atomic mass is 9.93. The molecule has 0 radical (unpaired) electrons. The Morgan fingerprint density at radius 2 is 2.45 bits per heavy atom. The van der Waals surface area contributed by atoms with Gasteiger partial charge < -0.3 is 4.74 Å². The van der Waals surface area contributed by atoms with Crippen molar-refractivity contribution in [3.63, 3.8) is 0 Å². The highest BCUT2D eigenvalue weighted by Gasteiger charge is 2.06. The summed E-state index contributed by atoms with van der Waals surface area (Å²) in [6.45, 7) is 0. The average Bonchev–Trinajstić information content (AvgIpc) is 2.04. The fourth-order valence-electron chi connectivity index (χ4n) is 0.812. The SMILES string of the molecule is Bc1cnccc1C(=O)OC. The molecule has 0 aromatic carbocycles. The van der Waals surface area contributed by atoms with Gasteiger partial charge in [0.05, 0.1) is 12.7 Å². The summed E-state index contributed by atoms with van der Waals surface area (Å²) in [6, 6.07) is 1.64. The number of ether oxygens (including phenoxy) is 1. The van der Waals surface area contributed by atoms with E-state index in [1.54, 1.807) is 18.5 Å². The Kier molecular flexibility index (Phi) is 2.26. The zero-order valence-corrected chi connectivity index (χ0v) is 6.50. The van der Waals surface area contributed by atoms with Gasteiger partial charge in [-0.2, -0.15) is 0 Å². The van der Waals surface area contributed by atoms with Gasteiger partial charge >= 0.3 is 5.97 Å². The maximum atomic E-state index is 11.0. The van der Waals surface area contributed by atoms with Crippen LogP contribution in [0.4, 0.5) is 0 Å². The van der Waals surface area contributed by atoms with Gasteiger partial charge in [0.15, 0.2) is 0 Å². The molecule has 4 heteroatoms. The molecule has 0 unspecified atom stereocenters. The van der Waals surface area contributed by atoms with Crippen molar-refractivity contribution in [1.29, 1.82) is 0 Å². The fourth-order valence-corrected chi connectivity index (χ4v) is 0.812. The molecule has 56 valence electrons. The number of carbonyl (C=O) groups excluding carboxylic acids is 1. The molecular weight excluding hydrogens is 141 g/mol. The molecule has 1 aromatic heterocycles. The normalized spacial score (nSPS) is 9.18. The van der Waals surface area contributed by atoms with E-state index in [2.05, 4.69) is 9.72 Å². The van der Waals surface area contributed by atoms with E-state index in [1.807, 2.05) is 7.85 Å². The lowest BCUT2D eigenvalue weighted by molar-refractivity contribution is 0.0602. The molecule has 3 nitrogen and oxygen atoms in total. The summed E-state index contributed by atoms with van der Waals surface area (Å²) >= 11 is 0. The number of aromatic nitrogens is 1. The molecule has 1 aromatic rings. The van der Waals surface area contributed by atoms with Crippen molar-refractivity contribution in [2.24, 2.45) is 0 Å². The summed E-state index contributed by atoms with van der Waals surface area (Å²) in [4.78, 5) is 14.8. The Balaban J connectivity index is 3.03. The fraction of sp³-hybridized carbons (Fsp3) is 0.143. The van der Waals surface area contributed by atoms with E-state index < -0.39 is 0 Å². The van der Waals surface area contributed by atoms with Crippen molar-refractivity contribution in [2.75, 3.05) is 7.11 Å². The number of rotatable bonds is 1. The van der Waals surface area contributed by atoms with E-state index in [4.69, 9.17) is 0 Å². The molecule has 11 heavy (non-hydrogen) atoms. The highest BCUT2D eigenvalue weighted by molar-refractivity contribution is 6.35. The smallest absolute Gasteiger partial charge is 0.337 e. The maximum Gasteiger partial charge on any atom is 0.337 e. The minimum Gasteiger partial charge on any atom is -0.465 e. The molecule has 0 fully saturated rings. The highest BCUT2D eigenvalue weighted by Crippen LogP contribution is 1.93. The van der Waals surface area contributed by atoms with Crippen LogP contribution in [-0.4, -0.2) is 25.9 Å². The molecule has 0 N–H and O–H groups in total. The van der Waals surface area contributed by atoms with Crippen LogP contribution in [0, 0.1) is 0 Å². The average molecular weight is 149 g/mol. The Morgan fingerprint density at radius 3 is 3.00 bits per heavy atom. The van der Waals surface area contributed by atoms with Crippen molar-refractivity contribution in [2.45, 2.75) is 0 Å². The number of carbonyl (C=O) groups is 1. The molecule has 0 aliphatic carbocycles. The summed E-state index contributed by atoms with van der Waals surface area (Å²) in [5, 5.41) is 0. The van der Waals surface area contributed by atoms with Crippen LogP contribution >= 0.6 is 0 Å². The first-order valence-corrected chi connectivity index (χ1v) is 3.24. The monoisotopic (exact) mass is 149 g/mol. The van der Waals surface area contributed by atoms with E-state index in [0.717, 1.165) is 5.46 Å². The van der Waals surface area contributed by atoms with Gasteiger partial charge in [-0.25, -0.2) is 4.79 Å². The first kappa shape index (κ1) is 7.79. The third kappa shape index (κ3) is 1.58. The second-order valence-electron chi connectivity index (χ2n) is 2.18. The minimum atomic E-state index is -0.315. The van der Waals surface area contributed by atoms with Crippen LogP contribution in [0.1, 0.15) is 10.4 Å². The van der Waals surface area contributed by atoms with Crippen molar-refractivity contribution < 1.29 is 9.53 Å². The standard InChI is InChI=1S/C7H8BNO2/c1-11-7(10)5-2-3-9-4-6(5)8/h2-4H,8H2,1H3. The van der Waals surface area contributed by atoms with Crippen molar-refractivity contribution >= 4 is 19.3 Å². The number of pyridine rings is 1. The van der Waals surface area contributed by atoms with E-state index >= 15 is 0 Å². The van der Waals surface area contributed by atoms with Crippen LogP contribution in [0.3, 0.4) is 0 Å². The Labute approximate surface area is 65.8 Å². The molecule has 0 spiro atoms. The maximum absolute atomic E-state index is 11.0. The predicted octanol–water partition coefficient (Wildman–Crippen LogP) is -0.873. The minimum absolute atomic E-state index is 0.315. The highest BCUT2D eigenvalue weighted by atomic mass is 16.5. The van der Waals surface area contributed by atoms with Gasteiger partial charge in [-0.3, -0.25) is 4.98 Å². The molecule has 1 rings (SSSR count). The number of nitrogens with zero attached hydrogens (tertiary/aromatic N) is 1. The number of hydrogen-bond acceptors (Lipinski definition) is 3. The van der Waals surface area contributed by atoms with Crippen LogP contribution in [0.5, 0.6) is 0 Å². The van der Waals surface area contributed by atoms with Crippen LogP contribution in [0.2, 0.25) is 0 Å². The van der Waals surface area contributed by atoms with Crippen LogP contribution in [0.25, 0.3) is 0 Å². The van der Waals surface area contributed by atoms with Gasteiger partial charge in [0.25, 0.3) is 0 Å². The lowest BCUT2D eigenvalue weighted by Crippen LogP contribution is -2.17. The Bertz CT molecular complexity index is 275. The second-order valence-corrected chi connectivity index (χ2v) is 2.18. The third-order valence-electron chi connectivity index (χ3n) is 1.43. The summed E-state index contributed by atoms with van der Waals surface area (Å²) in [6.07, 6.45) is 3.20. The third-order valence-corrected chi connectivity index (χ3v) is 1.43.